The van der Waals surface area contributed by atoms with Gasteiger partial charge in [0.1, 0.15) is 0 Å². The van der Waals surface area contributed by atoms with Crippen LogP contribution in [0.3, 0.4) is 0 Å². The zero-order valence-electron chi connectivity index (χ0n) is 6.99. The first-order valence-electron chi connectivity index (χ1n) is 3.83. The maximum atomic E-state index is 3.70. The van der Waals surface area contributed by atoms with Gasteiger partial charge in [-0.15, -0.1) is 18.3 Å². The zero-order chi connectivity index (χ0) is 8.81. The summed E-state index contributed by atoms with van der Waals surface area (Å²) in [6.45, 7) is 7.37. The minimum atomic E-state index is 0.966. The van der Waals surface area contributed by atoms with Crippen molar-refractivity contribution in [1.82, 2.24) is 0 Å². The second kappa shape index (κ2) is 4.83. The van der Waals surface area contributed by atoms with Gasteiger partial charge in [-0.25, -0.2) is 0 Å². The lowest BCUT2D eigenvalue weighted by atomic mass is 10.2. The Bertz CT molecular complexity index is 259. The monoisotopic (exact) mass is 176 g/mol. The largest absolute Gasteiger partial charge is 0.122 e. The lowest BCUT2D eigenvalue weighted by Gasteiger charge is -1.98. The summed E-state index contributed by atoms with van der Waals surface area (Å²) in [5.41, 5.74) is 1.16. The van der Waals surface area contributed by atoms with Crippen LogP contribution in [0.2, 0.25) is 0 Å². The molecular formula is C11H12S. The van der Waals surface area contributed by atoms with Gasteiger partial charge in [-0.2, -0.15) is 0 Å². The average molecular weight is 176 g/mol. The minimum Gasteiger partial charge on any atom is -0.122 e. The van der Waals surface area contributed by atoms with E-state index in [4.69, 9.17) is 0 Å². The highest BCUT2D eigenvalue weighted by molar-refractivity contribution is 7.99. The molecule has 0 aliphatic carbocycles. The second-order valence-electron chi connectivity index (χ2n) is 2.37. The maximum Gasteiger partial charge on any atom is 0.0158 e. The SMILES string of the molecule is C=CCSc1ccc(C=C)cc1. The standard InChI is InChI=1S/C11H12S/c1-3-9-12-11-7-5-10(4-2)6-8-11/h3-8H,1-2,9H2. The van der Waals surface area contributed by atoms with Crippen LogP contribution >= 0.6 is 11.8 Å². The average Bonchev–Trinajstić information content (AvgIpc) is 2.15. The fraction of sp³-hybridized carbons (Fsp3) is 0.0909. The second-order valence-corrected chi connectivity index (χ2v) is 3.47. The molecule has 0 amide bonds. The highest BCUT2D eigenvalue weighted by Crippen LogP contribution is 2.18. The molecule has 1 heteroatoms. The molecule has 0 aromatic heterocycles. The first-order valence-corrected chi connectivity index (χ1v) is 4.81. The molecule has 0 heterocycles. The van der Waals surface area contributed by atoms with Crippen LogP contribution in [0.5, 0.6) is 0 Å². The molecule has 0 radical (unpaired) electrons. The van der Waals surface area contributed by atoms with E-state index in [1.807, 2.05) is 12.2 Å². The number of benzene rings is 1. The Balaban J connectivity index is 2.64. The molecule has 0 aliphatic heterocycles. The van der Waals surface area contributed by atoms with E-state index >= 15 is 0 Å². The van der Waals surface area contributed by atoms with E-state index in [-0.39, 0.29) is 0 Å². The predicted molar refractivity (Wildman–Crippen MR) is 57.5 cm³/mol. The summed E-state index contributed by atoms with van der Waals surface area (Å²) in [6.07, 6.45) is 3.76. The molecule has 0 saturated heterocycles. The van der Waals surface area contributed by atoms with E-state index in [2.05, 4.69) is 37.4 Å². The van der Waals surface area contributed by atoms with Crippen LogP contribution in [-0.2, 0) is 0 Å². The Morgan fingerprint density at radius 1 is 1.17 bits per heavy atom. The molecule has 0 saturated carbocycles. The van der Waals surface area contributed by atoms with Crippen LogP contribution in [0.15, 0.2) is 48.4 Å². The summed E-state index contributed by atoms with van der Waals surface area (Å²) in [4.78, 5) is 1.28. The fourth-order valence-electron chi connectivity index (χ4n) is 0.855. The quantitative estimate of drug-likeness (QED) is 0.499. The van der Waals surface area contributed by atoms with Crippen molar-refractivity contribution in [2.45, 2.75) is 4.90 Å². The van der Waals surface area contributed by atoms with Gasteiger partial charge < -0.3 is 0 Å². The highest BCUT2D eigenvalue weighted by atomic mass is 32.2. The molecule has 0 spiro atoms. The molecule has 0 N–H and O–H groups in total. The van der Waals surface area contributed by atoms with Crippen LogP contribution in [0.25, 0.3) is 6.08 Å². The molecule has 0 fully saturated rings. The van der Waals surface area contributed by atoms with Crippen LogP contribution < -0.4 is 0 Å². The summed E-state index contributed by atoms with van der Waals surface area (Å²) in [6, 6.07) is 8.34. The molecule has 0 aliphatic rings. The summed E-state index contributed by atoms with van der Waals surface area (Å²) >= 11 is 1.79. The molecule has 1 rings (SSSR count). The predicted octanol–water partition coefficient (Wildman–Crippen LogP) is 3.61. The highest BCUT2D eigenvalue weighted by Gasteiger charge is 1.90. The van der Waals surface area contributed by atoms with E-state index in [1.165, 1.54) is 4.90 Å². The normalized spacial score (nSPS) is 9.33. The lowest BCUT2D eigenvalue weighted by Crippen LogP contribution is -1.74. The molecule has 62 valence electrons. The maximum absolute atomic E-state index is 3.70. The van der Waals surface area contributed by atoms with Crippen molar-refractivity contribution in [2.75, 3.05) is 5.75 Å². The first-order chi connectivity index (χ1) is 5.86. The van der Waals surface area contributed by atoms with E-state index in [0.717, 1.165) is 11.3 Å². The van der Waals surface area contributed by atoms with Crippen molar-refractivity contribution < 1.29 is 0 Å². The number of rotatable bonds is 4. The zero-order valence-corrected chi connectivity index (χ0v) is 7.81. The van der Waals surface area contributed by atoms with Gasteiger partial charge in [0.2, 0.25) is 0 Å². The third-order valence-corrected chi connectivity index (χ3v) is 2.49. The molecule has 1 aromatic carbocycles. The molecule has 0 nitrogen and oxygen atoms in total. The van der Waals surface area contributed by atoms with Gasteiger partial charge in [0, 0.05) is 10.6 Å². The van der Waals surface area contributed by atoms with Gasteiger partial charge in [-0.05, 0) is 17.7 Å². The van der Waals surface area contributed by atoms with Crippen LogP contribution in [0, 0.1) is 0 Å². The number of hydrogen-bond acceptors (Lipinski definition) is 1. The van der Waals surface area contributed by atoms with Crippen molar-refractivity contribution in [3.63, 3.8) is 0 Å². The molecule has 12 heavy (non-hydrogen) atoms. The van der Waals surface area contributed by atoms with Crippen molar-refractivity contribution in [1.29, 1.82) is 0 Å². The molecular weight excluding hydrogens is 164 g/mol. The van der Waals surface area contributed by atoms with Crippen LogP contribution in [-0.4, -0.2) is 5.75 Å². The fourth-order valence-corrected chi connectivity index (χ4v) is 1.49. The van der Waals surface area contributed by atoms with Gasteiger partial charge >= 0.3 is 0 Å². The Labute approximate surface area is 78.0 Å². The third kappa shape index (κ3) is 2.59. The summed E-state index contributed by atoms with van der Waals surface area (Å²) in [5.74, 6) is 0.966. The molecule has 1 aromatic rings. The minimum absolute atomic E-state index is 0.966. The summed E-state index contributed by atoms with van der Waals surface area (Å²) in [7, 11) is 0. The smallest absolute Gasteiger partial charge is 0.0158 e. The Hall–Kier alpha value is -0.950. The third-order valence-electron chi connectivity index (χ3n) is 1.48. The van der Waals surface area contributed by atoms with Crippen molar-refractivity contribution >= 4 is 17.8 Å². The number of hydrogen-bond donors (Lipinski definition) is 0. The van der Waals surface area contributed by atoms with Crippen molar-refractivity contribution in [3.05, 3.63) is 49.1 Å². The van der Waals surface area contributed by atoms with Gasteiger partial charge in [-0.1, -0.05) is 30.9 Å². The molecule has 0 unspecified atom stereocenters. The van der Waals surface area contributed by atoms with E-state index < -0.39 is 0 Å². The number of thioether (sulfide) groups is 1. The van der Waals surface area contributed by atoms with Crippen LogP contribution in [0.1, 0.15) is 5.56 Å². The summed E-state index contributed by atoms with van der Waals surface area (Å²) < 4.78 is 0. The Kier molecular flexibility index (Phi) is 3.68. The van der Waals surface area contributed by atoms with Crippen molar-refractivity contribution in [3.8, 4) is 0 Å². The van der Waals surface area contributed by atoms with Crippen molar-refractivity contribution in [2.24, 2.45) is 0 Å². The molecule has 0 atom stereocenters. The summed E-state index contributed by atoms with van der Waals surface area (Å²) in [5, 5.41) is 0. The van der Waals surface area contributed by atoms with Gasteiger partial charge in [0.05, 0.1) is 0 Å². The van der Waals surface area contributed by atoms with Gasteiger partial charge in [0.25, 0.3) is 0 Å². The Morgan fingerprint density at radius 3 is 2.33 bits per heavy atom. The lowest BCUT2D eigenvalue weighted by molar-refractivity contribution is 1.45. The van der Waals surface area contributed by atoms with Gasteiger partial charge in [0.15, 0.2) is 0 Å². The van der Waals surface area contributed by atoms with Crippen LogP contribution in [0.4, 0.5) is 0 Å². The first kappa shape index (κ1) is 9.14. The Morgan fingerprint density at radius 2 is 1.83 bits per heavy atom. The van der Waals surface area contributed by atoms with E-state index in [0.29, 0.717) is 0 Å². The topological polar surface area (TPSA) is 0 Å². The van der Waals surface area contributed by atoms with E-state index in [9.17, 15) is 0 Å². The van der Waals surface area contributed by atoms with Gasteiger partial charge in [-0.3, -0.25) is 0 Å². The van der Waals surface area contributed by atoms with E-state index in [1.54, 1.807) is 11.8 Å². The molecule has 0 bridgehead atoms.